The van der Waals surface area contributed by atoms with Gasteiger partial charge in [0.15, 0.2) is 0 Å². The van der Waals surface area contributed by atoms with Crippen LogP contribution in [-0.4, -0.2) is 54.5 Å². The molecule has 2 N–H and O–H groups in total. The maximum Gasteiger partial charge on any atom is 0.317 e. The molecule has 0 bridgehead atoms. The van der Waals surface area contributed by atoms with E-state index in [0.29, 0.717) is 18.8 Å². The number of hydrogen-bond acceptors (Lipinski definition) is 4. The Kier molecular flexibility index (Phi) is 5.46. The predicted octanol–water partition coefficient (Wildman–Crippen LogP) is 1.55. The number of amides is 3. The number of anilines is 2. The van der Waals surface area contributed by atoms with Crippen LogP contribution in [-0.2, 0) is 4.79 Å². The van der Waals surface area contributed by atoms with Gasteiger partial charge < -0.3 is 20.4 Å². The summed E-state index contributed by atoms with van der Waals surface area (Å²) < 4.78 is 0. The average molecular weight is 339 g/mol. The number of urea groups is 1. The van der Waals surface area contributed by atoms with Crippen LogP contribution in [0.5, 0.6) is 0 Å². The molecule has 3 rings (SSSR count). The van der Waals surface area contributed by atoms with E-state index in [-0.39, 0.29) is 18.5 Å². The van der Waals surface area contributed by atoms with E-state index in [0.717, 1.165) is 18.9 Å². The molecule has 0 saturated carbocycles. The van der Waals surface area contributed by atoms with E-state index < -0.39 is 0 Å². The highest BCUT2D eigenvalue weighted by molar-refractivity contribution is 5.94. The predicted molar refractivity (Wildman–Crippen MR) is 96.5 cm³/mol. The summed E-state index contributed by atoms with van der Waals surface area (Å²) in [6.07, 6.45) is 1.76. The summed E-state index contributed by atoms with van der Waals surface area (Å²) in [7, 11) is 0. The minimum atomic E-state index is -0.244. The summed E-state index contributed by atoms with van der Waals surface area (Å²) in [6, 6.07) is 14.7. The number of carbonyl (C=O) groups excluding carboxylic acids is 2. The Morgan fingerprint density at radius 1 is 0.960 bits per heavy atom. The molecule has 1 saturated heterocycles. The van der Waals surface area contributed by atoms with E-state index >= 15 is 0 Å². The van der Waals surface area contributed by atoms with Crippen molar-refractivity contribution >= 4 is 23.4 Å². The summed E-state index contributed by atoms with van der Waals surface area (Å²) in [5.41, 5.74) is 0.714. The first-order chi connectivity index (χ1) is 12.2. The van der Waals surface area contributed by atoms with Gasteiger partial charge in [0, 0.05) is 38.1 Å². The maximum absolute atomic E-state index is 12.2. The molecule has 25 heavy (non-hydrogen) atoms. The number of pyridine rings is 1. The Bertz CT molecular complexity index is 700. The molecule has 1 aromatic carbocycles. The van der Waals surface area contributed by atoms with Crippen molar-refractivity contribution in [3.63, 3.8) is 0 Å². The number of hydrogen-bond donors (Lipinski definition) is 2. The molecule has 7 nitrogen and oxygen atoms in total. The van der Waals surface area contributed by atoms with Crippen molar-refractivity contribution in [2.75, 3.05) is 42.9 Å². The highest BCUT2D eigenvalue weighted by atomic mass is 16.2. The van der Waals surface area contributed by atoms with Crippen LogP contribution in [0.1, 0.15) is 0 Å². The third-order valence-corrected chi connectivity index (χ3v) is 4.00. The molecule has 0 spiro atoms. The first kappa shape index (κ1) is 16.8. The lowest BCUT2D eigenvalue weighted by Gasteiger charge is -2.35. The lowest BCUT2D eigenvalue weighted by molar-refractivity contribution is -0.115. The van der Waals surface area contributed by atoms with Crippen LogP contribution in [0.25, 0.3) is 0 Å². The van der Waals surface area contributed by atoms with Crippen molar-refractivity contribution in [1.29, 1.82) is 0 Å². The van der Waals surface area contributed by atoms with Crippen LogP contribution < -0.4 is 15.5 Å². The summed E-state index contributed by atoms with van der Waals surface area (Å²) in [4.78, 5) is 32.3. The van der Waals surface area contributed by atoms with Crippen molar-refractivity contribution in [2.24, 2.45) is 0 Å². The number of aromatic nitrogens is 1. The topological polar surface area (TPSA) is 77.6 Å². The van der Waals surface area contributed by atoms with Gasteiger partial charge in [0.2, 0.25) is 5.91 Å². The van der Waals surface area contributed by atoms with Crippen LogP contribution in [0, 0.1) is 0 Å². The third-order valence-electron chi connectivity index (χ3n) is 4.00. The Balaban J connectivity index is 1.41. The van der Waals surface area contributed by atoms with Gasteiger partial charge in [-0.2, -0.15) is 0 Å². The van der Waals surface area contributed by atoms with E-state index in [1.807, 2.05) is 36.4 Å². The zero-order valence-electron chi connectivity index (χ0n) is 13.9. The number of rotatable bonds is 4. The summed E-state index contributed by atoms with van der Waals surface area (Å²) in [6.45, 7) is 2.60. The quantitative estimate of drug-likeness (QED) is 0.886. The van der Waals surface area contributed by atoms with Gasteiger partial charge in [0.05, 0.1) is 6.54 Å². The second kappa shape index (κ2) is 8.14. The largest absolute Gasteiger partial charge is 0.353 e. The molecule has 0 radical (unpaired) electrons. The Labute approximate surface area is 146 Å². The zero-order valence-corrected chi connectivity index (χ0v) is 13.9. The summed E-state index contributed by atoms with van der Waals surface area (Å²) in [5, 5.41) is 5.41. The molecule has 1 fully saturated rings. The minimum Gasteiger partial charge on any atom is -0.353 e. The molecular formula is C18H21N5O2. The molecule has 7 heteroatoms. The van der Waals surface area contributed by atoms with E-state index in [1.54, 1.807) is 23.2 Å². The number of para-hydroxylation sites is 1. The van der Waals surface area contributed by atoms with Crippen molar-refractivity contribution in [2.45, 2.75) is 0 Å². The number of piperazine rings is 1. The molecule has 2 aromatic rings. The Morgan fingerprint density at radius 3 is 2.36 bits per heavy atom. The molecule has 2 heterocycles. The Hall–Kier alpha value is -3.09. The monoisotopic (exact) mass is 339 g/mol. The fourth-order valence-corrected chi connectivity index (χ4v) is 2.67. The average Bonchev–Trinajstić information content (AvgIpc) is 2.68. The molecular weight excluding hydrogens is 318 g/mol. The van der Waals surface area contributed by atoms with Gasteiger partial charge in [0.1, 0.15) is 5.82 Å². The van der Waals surface area contributed by atoms with Gasteiger partial charge in [-0.15, -0.1) is 0 Å². The van der Waals surface area contributed by atoms with Crippen LogP contribution in [0.3, 0.4) is 0 Å². The van der Waals surface area contributed by atoms with Crippen molar-refractivity contribution in [1.82, 2.24) is 15.2 Å². The minimum absolute atomic E-state index is 0.0474. The zero-order chi connectivity index (χ0) is 17.5. The standard InChI is InChI=1S/C18H21N5O2/c24-17(21-15-6-2-1-3-7-15)14-20-18(25)23-12-10-22(11-13-23)16-8-4-5-9-19-16/h1-9H,10-14H2,(H,20,25)(H,21,24). The Morgan fingerprint density at radius 2 is 1.68 bits per heavy atom. The maximum atomic E-state index is 12.2. The van der Waals surface area contributed by atoms with E-state index in [4.69, 9.17) is 0 Å². The lowest BCUT2D eigenvalue weighted by Crippen LogP contribution is -2.52. The van der Waals surface area contributed by atoms with Gasteiger partial charge in [-0.3, -0.25) is 4.79 Å². The van der Waals surface area contributed by atoms with Crippen LogP contribution in [0.15, 0.2) is 54.7 Å². The van der Waals surface area contributed by atoms with Crippen molar-refractivity contribution in [3.05, 3.63) is 54.7 Å². The molecule has 130 valence electrons. The molecule has 1 aliphatic rings. The van der Waals surface area contributed by atoms with Gasteiger partial charge in [-0.05, 0) is 24.3 Å². The smallest absolute Gasteiger partial charge is 0.317 e. The molecule has 1 aromatic heterocycles. The first-order valence-corrected chi connectivity index (χ1v) is 8.26. The van der Waals surface area contributed by atoms with Gasteiger partial charge in [-0.25, -0.2) is 9.78 Å². The van der Waals surface area contributed by atoms with Crippen LogP contribution in [0.2, 0.25) is 0 Å². The van der Waals surface area contributed by atoms with Gasteiger partial charge in [0.25, 0.3) is 0 Å². The second-order valence-corrected chi connectivity index (χ2v) is 5.73. The van der Waals surface area contributed by atoms with E-state index in [9.17, 15) is 9.59 Å². The molecule has 1 aliphatic heterocycles. The number of nitrogens with zero attached hydrogens (tertiary/aromatic N) is 3. The lowest BCUT2D eigenvalue weighted by atomic mass is 10.3. The summed E-state index contributed by atoms with van der Waals surface area (Å²) in [5.74, 6) is 0.677. The molecule has 0 atom stereocenters. The number of carbonyl (C=O) groups is 2. The number of benzene rings is 1. The van der Waals surface area contributed by atoms with Crippen molar-refractivity contribution < 1.29 is 9.59 Å². The molecule has 3 amide bonds. The number of nitrogens with one attached hydrogen (secondary N) is 2. The first-order valence-electron chi connectivity index (χ1n) is 8.26. The highest BCUT2D eigenvalue weighted by Crippen LogP contribution is 2.12. The fraction of sp³-hybridized carbons (Fsp3) is 0.278. The van der Waals surface area contributed by atoms with Gasteiger partial charge >= 0.3 is 6.03 Å². The SMILES string of the molecule is O=C(CNC(=O)N1CCN(c2ccccn2)CC1)Nc1ccccc1. The summed E-state index contributed by atoms with van der Waals surface area (Å²) >= 11 is 0. The molecule has 0 aliphatic carbocycles. The third kappa shape index (κ3) is 4.69. The normalized spacial score (nSPS) is 14.1. The fourth-order valence-electron chi connectivity index (χ4n) is 2.67. The van der Waals surface area contributed by atoms with Crippen LogP contribution >= 0.6 is 0 Å². The molecule has 0 unspecified atom stereocenters. The van der Waals surface area contributed by atoms with E-state index in [1.165, 1.54) is 0 Å². The highest BCUT2D eigenvalue weighted by Gasteiger charge is 2.21. The van der Waals surface area contributed by atoms with Gasteiger partial charge in [-0.1, -0.05) is 24.3 Å². The van der Waals surface area contributed by atoms with E-state index in [2.05, 4.69) is 20.5 Å². The second-order valence-electron chi connectivity index (χ2n) is 5.73. The van der Waals surface area contributed by atoms with Crippen LogP contribution in [0.4, 0.5) is 16.3 Å². The van der Waals surface area contributed by atoms with Crippen molar-refractivity contribution in [3.8, 4) is 0 Å².